The zero-order chi connectivity index (χ0) is 19.8. The molecule has 0 fully saturated rings. The molecule has 0 amide bonds. The third kappa shape index (κ3) is 3.09. The summed E-state index contributed by atoms with van der Waals surface area (Å²) >= 11 is 0. The highest BCUT2D eigenvalue weighted by Crippen LogP contribution is 2.26. The van der Waals surface area contributed by atoms with E-state index in [0.29, 0.717) is 16.7 Å². The largest absolute Gasteiger partial charge is 0.497 e. The number of anilines is 2. The molecule has 3 N–H and O–H groups in total. The molecule has 0 aliphatic heterocycles. The van der Waals surface area contributed by atoms with Gasteiger partial charge in [0.25, 0.3) is 0 Å². The van der Waals surface area contributed by atoms with E-state index in [0.717, 1.165) is 11.1 Å². The Morgan fingerprint density at radius 2 is 1.71 bits per heavy atom. The molecule has 2 heterocycles. The van der Waals surface area contributed by atoms with E-state index in [9.17, 15) is 9.90 Å². The number of carbonyl (C=O) groups is 1. The van der Waals surface area contributed by atoms with E-state index in [1.165, 1.54) is 18.2 Å². The molecule has 0 spiro atoms. The van der Waals surface area contributed by atoms with Gasteiger partial charge in [0.15, 0.2) is 0 Å². The van der Waals surface area contributed by atoms with Crippen LogP contribution in [0.4, 0.5) is 11.9 Å². The molecule has 9 heteroatoms. The van der Waals surface area contributed by atoms with Crippen molar-refractivity contribution >= 4 is 39.7 Å². The Balaban J connectivity index is 1.75. The molecule has 0 aliphatic rings. The molecule has 4 rings (SSSR count). The number of hydrogen-bond acceptors (Lipinski definition) is 8. The van der Waals surface area contributed by atoms with Crippen molar-refractivity contribution in [3.8, 4) is 11.6 Å². The monoisotopic (exact) mass is 377 g/mol. The Kier molecular flexibility index (Phi) is 4.11. The summed E-state index contributed by atoms with van der Waals surface area (Å²) in [5, 5.41) is 23.3. The smallest absolute Gasteiger partial charge is 0.335 e. The van der Waals surface area contributed by atoms with Crippen LogP contribution in [0.2, 0.25) is 0 Å². The Hall–Kier alpha value is -4.01. The number of fused-ring (bicyclic) bond motifs is 2. The summed E-state index contributed by atoms with van der Waals surface area (Å²) < 4.78 is 5.22. The molecular weight excluding hydrogens is 362 g/mol. The van der Waals surface area contributed by atoms with Crippen molar-refractivity contribution in [2.45, 2.75) is 6.92 Å². The summed E-state index contributed by atoms with van der Waals surface area (Å²) in [7, 11) is 1.59. The second-order valence-corrected chi connectivity index (χ2v) is 6.05. The van der Waals surface area contributed by atoms with Gasteiger partial charge in [-0.2, -0.15) is 4.98 Å². The molecule has 0 atom stereocenters. The predicted octanol–water partition coefficient (Wildman–Crippen LogP) is 3.04. The number of ether oxygens (including phenoxy) is 1. The number of benzene rings is 2. The Labute approximate surface area is 158 Å². The van der Waals surface area contributed by atoms with Crippen LogP contribution in [0.5, 0.6) is 11.6 Å². The normalized spacial score (nSPS) is 10.9. The van der Waals surface area contributed by atoms with Crippen LogP contribution >= 0.6 is 0 Å². The molecule has 0 aliphatic carbocycles. The van der Waals surface area contributed by atoms with Gasteiger partial charge < -0.3 is 14.9 Å². The maximum absolute atomic E-state index is 11.2. The summed E-state index contributed by atoms with van der Waals surface area (Å²) in [6.07, 6.45) is 0. The quantitative estimate of drug-likeness (QED) is 0.491. The number of carboxylic acid groups (broad SMARTS) is 1. The predicted molar refractivity (Wildman–Crippen MR) is 102 cm³/mol. The lowest BCUT2D eigenvalue weighted by molar-refractivity contribution is 0.0697. The third-order valence-electron chi connectivity index (χ3n) is 4.24. The molecule has 9 nitrogen and oxygen atoms in total. The summed E-state index contributed by atoms with van der Waals surface area (Å²) in [4.78, 5) is 28.2. The van der Waals surface area contributed by atoms with Crippen molar-refractivity contribution in [1.29, 1.82) is 0 Å². The van der Waals surface area contributed by atoms with Gasteiger partial charge in [-0.25, -0.2) is 19.7 Å². The molecule has 4 aromatic rings. The van der Waals surface area contributed by atoms with Gasteiger partial charge in [-0.15, -0.1) is 0 Å². The first-order valence-electron chi connectivity index (χ1n) is 8.28. The van der Waals surface area contributed by atoms with E-state index < -0.39 is 5.97 Å². The van der Waals surface area contributed by atoms with Crippen molar-refractivity contribution in [1.82, 2.24) is 19.9 Å². The minimum Gasteiger partial charge on any atom is -0.497 e. The SMILES string of the molecule is COc1ccc2nc(Nc3nc(O)c4ccc(C(=O)O)cc4n3)nc(C)c2c1. The standard InChI is InChI=1S/C19H15N5O4/c1-9-13-8-11(28-2)4-6-14(13)21-18(20-9)24-19-22-15-7-10(17(26)27)3-5-12(15)16(25)23-19/h3-8H,1-2H3,(H,26,27)(H2,20,21,22,23,24,25). The minimum absolute atomic E-state index is 0.0554. The number of nitrogens with zero attached hydrogens (tertiary/aromatic N) is 4. The second-order valence-electron chi connectivity index (χ2n) is 6.05. The van der Waals surface area contributed by atoms with Gasteiger partial charge in [0.2, 0.25) is 17.8 Å². The fourth-order valence-electron chi connectivity index (χ4n) is 2.85. The van der Waals surface area contributed by atoms with Crippen LogP contribution < -0.4 is 10.1 Å². The fourth-order valence-corrected chi connectivity index (χ4v) is 2.85. The summed E-state index contributed by atoms with van der Waals surface area (Å²) in [6.45, 7) is 1.84. The van der Waals surface area contributed by atoms with Gasteiger partial charge in [0.05, 0.1) is 34.8 Å². The highest BCUT2D eigenvalue weighted by atomic mass is 16.5. The molecule has 0 bridgehead atoms. The van der Waals surface area contributed by atoms with Gasteiger partial charge in [-0.3, -0.25) is 5.32 Å². The number of rotatable bonds is 4. The molecule has 0 radical (unpaired) electrons. The lowest BCUT2D eigenvalue weighted by atomic mass is 10.1. The second kappa shape index (κ2) is 6.62. The first-order valence-corrected chi connectivity index (χ1v) is 8.28. The fraction of sp³-hybridized carbons (Fsp3) is 0.105. The van der Waals surface area contributed by atoms with E-state index in [1.807, 2.05) is 19.1 Å². The number of aryl methyl sites for hydroxylation is 1. The molecule has 0 saturated heterocycles. The van der Waals surface area contributed by atoms with Crippen LogP contribution in [0.3, 0.4) is 0 Å². The lowest BCUT2D eigenvalue weighted by Gasteiger charge is -2.09. The Morgan fingerprint density at radius 3 is 2.46 bits per heavy atom. The van der Waals surface area contributed by atoms with E-state index in [2.05, 4.69) is 25.3 Å². The number of aromatic hydroxyl groups is 1. The van der Waals surface area contributed by atoms with Crippen LogP contribution in [0.1, 0.15) is 16.1 Å². The first kappa shape index (κ1) is 17.4. The summed E-state index contributed by atoms with van der Waals surface area (Å²) in [5.74, 6) is -0.342. The minimum atomic E-state index is -1.08. The van der Waals surface area contributed by atoms with Crippen LogP contribution in [-0.4, -0.2) is 43.2 Å². The molecule has 28 heavy (non-hydrogen) atoms. The number of aromatic nitrogens is 4. The molecule has 2 aromatic carbocycles. The van der Waals surface area contributed by atoms with E-state index in [4.69, 9.17) is 9.84 Å². The van der Waals surface area contributed by atoms with Gasteiger partial charge in [0, 0.05) is 5.39 Å². The number of aromatic carboxylic acids is 1. The van der Waals surface area contributed by atoms with Crippen LogP contribution in [0, 0.1) is 6.92 Å². The van der Waals surface area contributed by atoms with Crippen molar-refractivity contribution < 1.29 is 19.7 Å². The number of methoxy groups -OCH3 is 1. The van der Waals surface area contributed by atoms with E-state index in [1.54, 1.807) is 13.2 Å². The van der Waals surface area contributed by atoms with Gasteiger partial charge >= 0.3 is 5.97 Å². The van der Waals surface area contributed by atoms with Crippen molar-refractivity contribution in [2.24, 2.45) is 0 Å². The Bertz CT molecular complexity index is 1240. The number of carboxylic acids is 1. The maximum Gasteiger partial charge on any atom is 0.335 e. The number of hydrogen-bond donors (Lipinski definition) is 3. The van der Waals surface area contributed by atoms with Crippen LogP contribution in [-0.2, 0) is 0 Å². The lowest BCUT2D eigenvalue weighted by Crippen LogP contribution is -2.04. The average Bonchev–Trinajstić information content (AvgIpc) is 2.67. The third-order valence-corrected chi connectivity index (χ3v) is 4.24. The molecule has 2 aromatic heterocycles. The molecule has 0 saturated carbocycles. The van der Waals surface area contributed by atoms with Gasteiger partial charge in [0.1, 0.15) is 5.75 Å². The summed E-state index contributed by atoms with van der Waals surface area (Å²) in [5.41, 5.74) is 1.78. The van der Waals surface area contributed by atoms with Gasteiger partial charge in [-0.05, 0) is 43.3 Å². The highest BCUT2D eigenvalue weighted by Gasteiger charge is 2.12. The topological polar surface area (TPSA) is 130 Å². The molecular formula is C19H15N5O4. The Morgan fingerprint density at radius 1 is 0.964 bits per heavy atom. The molecule has 140 valence electrons. The van der Waals surface area contributed by atoms with Crippen LogP contribution in [0.25, 0.3) is 21.8 Å². The molecule has 0 unspecified atom stereocenters. The van der Waals surface area contributed by atoms with E-state index in [-0.39, 0.29) is 28.9 Å². The zero-order valence-corrected chi connectivity index (χ0v) is 15.0. The average molecular weight is 377 g/mol. The van der Waals surface area contributed by atoms with Crippen molar-refractivity contribution in [2.75, 3.05) is 12.4 Å². The van der Waals surface area contributed by atoms with Crippen molar-refractivity contribution in [3.63, 3.8) is 0 Å². The van der Waals surface area contributed by atoms with E-state index >= 15 is 0 Å². The van der Waals surface area contributed by atoms with Crippen LogP contribution in [0.15, 0.2) is 36.4 Å². The van der Waals surface area contributed by atoms with Gasteiger partial charge in [-0.1, -0.05) is 0 Å². The summed E-state index contributed by atoms with van der Waals surface area (Å²) in [6, 6.07) is 9.66. The number of nitrogens with one attached hydrogen (secondary N) is 1. The first-order chi connectivity index (χ1) is 13.4. The maximum atomic E-state index is 11.2. The highest BCUT2D eigenvalue weighted by molar-refractivity contribution is 5.94. The van der Waals surface area contributed by atoms with Crippen molar-refractivity contribution in [3.05, 3.63) is 47.7 Å². The zero-order valence-electron chi connectivity index (χ0n) is 15.0.